The summed E-state index contributed by atoms with van der Waals surface area (Å²) in [6.07, 6.45) is 3.61. The zero-order valence-corrected chi connectivity index (χ0v) is 10.8. The molecule has 0 saturated heterocycles. The Balaban J connectivity index is 2.38. The summed E-state index contributed by atoms with van der Waals surface area (Å²) in [6, 6.07) is 4.06. The smallest absolute Gasteiger partial charge is 0.126 e. The Hall–Kier alpha value is -1.55. The van der Waals surface area contributed by atoms with Gasteiger partial charge in [0.05, 0.1) is 29.8 Å². The van der Waals surface area contributed by atoms with Gasteiger partial charge in [0.25, 0.3) is 0 Å². The summed E-state index contributed by atoms with van der Waals surface area (Å²) in [6.45, 7) is 7.97. The van der Waals surface area contributed by atoms with E-state index in [1.165, 1.54) is 0 Å². The zero-order valence-electron chi connectivity index (χ0n) is 10.8. The highest BCUT2D eigenvalue weighted by Gasteiger charge is 2.23. The Morgan fingerprint density at radius 3 is 2.65 bits per heavy atom. The number of rotatable bonds is 3. The molecule has 2 N–H and O–H groups in total. The number of aromatic nitrogens is 2. The van der Waals surface area contributed by atoms with Crippen molar-refractivity contribution < 1.29 is 4.42 Å². The summed E-state index contributed by atoms with van der Waals surface area (Å²) >= 11 is 0. The zero-order chi connectivity index (χ0) is 12.6. The fraction of sp³-hybridized carbons (Fsp3) is 0.462. The van der Waals surface area contributed by atoms with Gasteiger partial charge in [-0.25, -0.2) is 4.98 Å². The summed E-state index contributed by atoms with van der Waals surface area (Å²) in [5.74, 6) is 1.84. The predicted octanol–water partition coefficient (Wildman–Crippen LogP) is 2.59. The Kier molecular flexibility index (Phi) is 2.83. The van der Waals surface area contributed by atoms with Crippen molar-refractivity contribution in [2.75, 3.05) is 0 Å². The monoisotopic (exact) mass is 233 g/mol. The largest absolute Gasteiger partial charge is 0.464 e. The maximum Gasteiger partial charge on any atom is 0.126 e. The van der Waals surface area contributed by atoms with E-state index in [1.807, 2.05) is 39.1 Å². The van der Waals surface area contributed by atoms with Crippen LogP contribution >= 0.6 is 0 Å². The van der Waals surface area contributed by atoms with Gasteiger partial charge in [0.2, 0.25) is 0 Å². The van der Waals surface area contributed by atoms with Crippen LogP contribution in [0.1, 0.15) is 44.0 Å². The molecule has 1 unspecified atom stereocenters. The molecule has 4 nitrogen and oxygen atoms in total. The molecule has 92 valence electrons. The molecule has 0 fully saturated rings. The molecule has 0 saturated carbocycles. The van der Waals surface area contributed by atoms with E-state index in [9.17, 15) is 0 Å². The third kappa shape index (κ3) is 2.26. The molecule has 1 atom stereocenters. The van der Waals surface area contributed by atoms with Crippen molar-refractivity contribution in [3.8, 4) is 0 Å². The minimum absolute atomic E-state index is 0.101. The minimum atomic E-state index is -0.410. The van der Waals surface area contributed by atoms with Crippen LogP contribution < -0.4 is 5.73 Å². The van der Waals surface area contributed by atoms with E-state index in [4.69, 9.17) is 10.2 Å². The molecule has 2 rings (SSSR count). The first-order valence-electron chi connectivity index (χ1n) is 5.77. The van der Waals surface area contributed by atoms with E-state index in [2.05, 4.69) is 16.5 Å². The predicted molar refractivity (Wildman–Crippen MR) is 66.7 cm³/mol. The number of nitrogens with two attached hydrogens (primary N) is 1. The maximum absolute atomic E-state index is 6.13. The molecule has 17 heavy (non-hydrogen) atoms. The molecule has 4 heteroatoms. The van der Waals surface area contributed by atoms with Crippen LogP contribution in [-0.2, 0) is 5.54 Å². The van der Waals surface area contributed by atoms with Gasteiger partial charge in [-0.2, -0.15) is 0 Å². The average molecular weight is 233 g/mol. The van der Waals surface area contributed by atoms with Crippen LogP contribution in [0, 0.1) is 6.92 Å². The molecule has 0 amide bonds. The van der Waals surface area contributed by atoms with Gasteiger partial charge in [-0.15, -0.1) is 0 Å². The maximum atomic E-state index is 6.13. The molecular formula is C13H19N3O. The third-order valence-electron chi connectivity index (χ3n) is 2.92. The first kappa shape index (κ1) is 11.9. The van der Waals surface area contributed by atoms with E-state index in [0.29, 0.717) is 0 Å². The lowest BCUT2D eigenvalue weighted by Gasteiger charge is -2.23. The fourth-order valence-electron chi connectivity index (χ4n) is 1.93. The summed E-state index contributed by atoms with van der Waals surface area (Å²) in [7, 11) is 0. The lowest BCUT2D eigenvalue weighted by molar-refractivity contribution is 0.405. The molecule has 0 spiro atoms. The van der Waals surface area contributed by atoms with Crippen LogP contribution in [0.15, 0.2) is 29.1 Å². The molecular weight excluding hydrogens is 214 g/mol. The van der Waals surface area contributed by atoms with Crippen LogP contribution in [0.5, 0.6) is 0 Å². The van der Waals surface area contributed by atoms with Crippen molar-refractivity contribution >= 4 is 0 Å². The van der Waals surface area contributed by atoms with Crippen molar-refractivity contribution in [2.45, 2.75) is 39.3 Å². The Morgan fingerprint density at radius 2 is 2.12 bits per heavy atom. The second-order valence-corrected chi connectivity index (χ2v) is 5.03. The van der Waals surface area contributed by atoms with E-state index in [-0.39, 0.29) is 6.04 Å². The molecule has 2 aromatic rings. The van der Waals surface area contributed by atoms with Gasteiger partial charge in [0, 0.05) is 0 Å². The van der Waals surface area contributed by atoms with Gasteiger partial charge >= 0.3 is 0 Å². The van der Waals surface area contributed by atoms with Crippen molar-refractivity contribution in [3.63, 3.8) is 0 Å². The highest BCUT2D eigenvalue weighted by Crippen LogP contribution is 2.25. The van der Waals surface area contributed by atoms with Gasteiger partial charge in [-0.3, -0.25) is 0 Å². The van der Waals surface area contributed by atoms with Gasteiger partial charge in [0.1, 0.15) is 11.5 Å². The molecule has 0 aliphatic rings. The van der Waals surface area contributed by atoms with E-state index >= 15 is 0 Å². The molecule has 2 heterocycles. The van der Waals surface area contributed by atoms with Crippen molar-refractivity contribution in [1.29, 1.82) is 0 Å². The number of aryl methyl sites for hydroxylation is 1. The fourth-order valence-corrected chi connectivity index (χ4v) is 1.93. The SMILES string of the molecule is Cc1ccc(C(C)n2cncc2C(C)(C)N)o1. The highest BCUT2D eigenvalue weighted by atomic mass is 16.3. The number of furan rings is 1. The van der Waals surface area contributed by atoms with Crippen molar-refractivity contribution in [2.24, 2.45) is 5.73 Å². The lowest BCUT2D eigenvalue weighted by Crippen LogP contribution is -2.32. The molecule has 0 radical (unpaired) electrons. The summed E-state index contributed by atoms with van der Waals surface area (Å²) in [5, 5.41) is 0. The number of hydrogen-bond donors (Lipinski definition) is 1. The average Bonchev–Trinajstić information content (AvgIpc) is 2.83. The number of imidazole rings is 1. The lowest BCUT2D eigenvalue weighted by atomic mass is 10.0. The Bertz CT molecular complexity index is 505. The number of hydrogen-bond acceptors (Lipinski definition) is 3. The van der Waals surface area contributed by atoms with E-state index < -0.39 is 5.54 Å². The third-order valence-corrected chi connectivity index (χ3v) is 2.92. The van der Waals surface area contributed by atoms with Crippen molar-refractivity contribution in [3.05, 3.63) is 41.9 Å². The molecule has 0 aliphatic heterocycles. The van der Waals surface area contributed by atoms with Gasteiger partial charge in [-0.05, 0) is 39.8 Å². The molecule has 0 aliphatic carbocycles. The Labute approximate surface area is 101 Å². The van der Waals surface area contributed by atoms with Crippen LogP contribution in [-0.4, -0.2) is 9.55 Å². The standard InChI is InChI=1S/C13H19N3O/c1-9-5-6-11(17-9)10(2)16-8-15-7-12(16)13(3,4)14/h5-8,10H,14H2,1-4H3. The summed E-state index contributed by atoms with van der Waals surface area (Å²) in [4.78, 5) is 4.18. The van der Waals surface area contributed by atoms with E-state index in [1.54, 1.807) is 6.33 Å². The van der Waals surface area contributed by atoms with Gasteiger partial charge in [0.15, 0.2) is 0 Å². The number of nitrogens with zero attached hydrogens (tertiary/aromatic N) is 2. The first-order valence-corrected chi connectivity index (χ1v) is 5.77. The minimum Gasteiger partial charge on any atom is -0.464 e. The molecule has 0 aromatic carbocycles. The van der Waals surface area contributed by atoms with Crippen molar-refractivity contribution in [1.82, 2.24) is 9.55 Å². The van der Waals surface area contributed by atoms with Crippen LogP contribution in [0.4, 0.5) is 0 Å². The second-order valence-electron chi connectivity index (χ2n) is 5.03. The van der Waals surface area contributed by atoms with Gasteiger partial charge in [-0.1, -0.05) is 0 Å². The first-order chi connectivity index (χ1) is 7.89. The van der Waals surface area contributed by atoms with Crippen LogP contribution in [0.3, 0.4) is 0 Å². The van der Waals surface area contributed by atoms with Crippen LogP contribution in [0.25, 0.3) is 0 Å². The topological polar surface area (TPSA) is 57.0 Å². The molecule has 2 aromatic heterocycles. The summed E-state index contributed by atoms with van der Waals surface area (Å²) < 4.78 is 7.70. The normalized spacial score (nSPS) is 13.9. The van der Waals surface area contributed by atoms with E-state index in [0.717, 1.165) is 17.2 Å². The quantitative estimate of drug-likeness (QED) is 0.886. The molecule has 0 bridgehead atoms. The second kappa shape index (κ2) is 4.04. The van der Waals surface area contributed by atoms with Gasteiger partial charge < -0.3 is 14.7 Å². The van der Waals surface area contributed by atoms with Crippen LogP contribution in [0.2, 0.25) is 0 Å². The highest BCUT2D eigenvalue weighted by molar-refractivity contribution is 5.16. The Morgan fingerprint density at radius 1 is 1.41 bits per heavy atom. The summed E-state index contributed by atoms with van der Waals surface area (Å²) in [5.41, 5.74) is 6.72.